The molecule has 1 heterocycles. The number of aliphatic hydroxyl groups excluding tert-OH is 2. The summed E-state index contributed by atoms with van der Waals surface area (Å²) >= 11 is 0. The molecule has 0 aliphatic heterocycles. The van der Waals surface area contributed by atoms with Crippen molar-refractivity contribution in [3.8, 4) is 0 Å². The maximum Gasteiger partial charge on any atom is 0.242 e. The molecule has 10 nitrogen and oxygen atoms in total. The van der Waals surface area contributed by atoms with E-state index in [2.05, 4.69) is 20.6 Å². The zero-order valence-corrected chi connectivity index (χ0v) is 27.6. The summed E-state index contributed by atoms with van der Waals surface area (Å²) in [5, 5.41) is 27.8. The van der Waals surface area contributed by atoms with Crippen molar-refractivity contribution < 1.29 is 24.6 Å². The number of rotatable bonds is 18. The molecule has 5 N–H and O–H groups in total. The van der Waals surface area contributed by atoms with Gasteiger partial charge in [0, 0.05) is 38.3 Å². The van der Waals surface area contributed by atoms with E-state index in [1.54, 1.807) is 24.5 Å². The van der Waals surface area contributed by atoms with Crippen LogP contribution in [0.5, 0.6) is 0 Å². The van der Waals surface area contributed by atoms with Crippen LogP contribution in [0.15, 0.2) is 42.9 Å². The molecular weight excluding hydrogens is 570 g/mol. The van der Waals surface area contributed by atoms with Crippen molar-refractivity contribution in [3.63, 3.8) is 0 Å². The number of aromatic nitrogens is 2. The lowest BCUT2D eigenvalue weighted by atomic mass is 9.82. The molecule has 0 bridgehead atoms. The molecule has 3 amide bonds. The SMILES string of the molecule is CC[C@H](NC(=O)[C@@H](CC(=O)N(C)CCc1cnc[nH]1)Cc1ccccc1)C(=O)N[C@@H](CC1CCCCC1)C(O)[C@@H](O)CC(C)C. The summed E-state index contributed by atoms with van der Waals surface area (Å²) in [7, 11) is 1.73. The Labute approximate surface area is 268 Å². The number of nitrogens with one attached hydrogen (secondary N) is 3. The van der Waals surface area contributed by atoms with Gasteiger partial charge in [-0.1, -0.05) is 83.2 Å². The molecule has 1 saturated carbocycles. The van der Waals surface area contributed by atoms with Gasteiger partial charge < -0.3 is 30.7 Å². The molecule has 5 atom stereocenters. The molecule has 2 aromatic rings. The summed E-state index contributed by atoms with van der Waals surface area (Å²) in [5.41, 5.74) is 1.85. The topological polar surface area (TPSA) is 148 Å². The van der Waals surface area contributed by atoms with E-state index in [1.807, 2.05) is 51.1 Å². The fourth-order valence-corrected chi connectivity index (χ4v) is 6.24. The van der Waals surface area contributed by atoms with Gasteiger partial charge in [-0.3, -0.25) is 14.4 Å². The monoisotopic (exact) mass is 625 g/mol. The van der Waals surface area contributed by atoms with Crippen molar-refractivity contribution in [2.24, 2.45) is 17.8 Å². The number of hydrogen-bond donors (Lipinski definition) is 5. The summed E-state index contributed by atoms with van der Waals surface area (Å²) in [6, 6.07) is 8.10. The number of carbonyl (C=O) groups is 3. The van der Waals surface area contributed by atoms with Crippen LogP contribution < -0.4 is 10.6 Å². The lowest BCUT2D eigenvalue weighted by Gasteiger charge is -2.33. The van der Waals surface area contributed by atoms with E-state index in [1.165, 1.54) is 6.42 Å². The summed E-state index contributed by atoms with van der Waals surface area (Å²) in [6.07, 6.45) is 9.14. The van der Waals surface area contributed by atoms with Crippen LogP contribution in [-0.2, 0) is 27.2 Å². The highest BCUT2D eigenvalue weighted by Gasteiger charge is 2.34. The standard InChI is InChI=1S/C35H55N5O5/c1-5-29(35(45)39-30(20-26-14-10-7-11-15-26)33(43)31(41)18-24(2)3)38-34(44)27(19-25-12-8-6-9-13-25)21-32(42)40(4)17-16-28-22-36-23-37-28/h6,8-9,12-13,22-24,26-27,29-31,33,41,43H,5,7,10-11,14-21H2,1-4H3,(H,36,37)(H,38,44)(H,39,45)/t27-,29+,30+,31+,33?/m1/s1. The van der Waals surface area contributed by atoms with Crippen LogP contribution in [0.1, 0.15) is 89.8 Å². The Morgan fingerprint density at radius 2 is 1.76 bits per heavy atom. The van der Waals surface area contributed by atoms with Gasteiger partial charge in [0.25, 0.3) is 0 Å². The van der Waals surface area contributed by atoms with E-state index in [0.29, 0.717) is 44.6 Å². The molecule has 45 heavy (non-hydrogen) atoms. The Kier molecular flexibility index (Phi) is 15.0. The molecule has 1 aliphatic carbocycles. The summed E-state index contributed by atoms with van der Waals surface area (Å²) in [6.45, 7) is 6.28. The van der Waals surface area contributed by atoms with E-state index in [-0.39, 0.29) is 30.1 Å². The second kappa shape index (κ2) is 18.7. The molecule has 0 saturated heterocycles. The maximum absolute atomic E-state index is 13.7. The van der Waals surface area contributed by atoms with Crippen LogP contribution in [-0.4, -0.2) is 80.7 Å². The van der Waals surface area contributed by atoms with Crippen LogP contribution in [0.25, 0.3) is 0 Å². The van der Waals surface area contributed by atoms with Crippen LogP contribution in [0.3, 0.4) is 0 Å². The Balaban J connectivity index is 1.69. The summed E-state index contributed by atoms with van der Waals surface area (Å²) < 4.78 is 0. The lowest BCUT2D eigenvalue weighted by molar-refractivity contribution is -0.137. The minimum absolute atomic E-state index is 0.00265. The number of likely N-dealkylation sites (N-methyl/N-ethyl adjacent to an activating group) is 1. The van der Waals surface area contributed by atoms with Crippen molar-refractivity contribution in [2.45, 2.75) is 116 Å². The first-order valence-electron chi connectivity index (χ1n) is 16.8. The van der Waals surface area contributed by atoms with Gasteiger partial charge in [0.05, 0.1) is 24.4 Å². The molecule has 1 fully saturated rings. The smallest absolute Gasteiger partial charge is 0.242 e. The molecule has 3 rings (SSSR count). The van der Waals surface area contributed by atoms with Crippen LogP contribution in [0.4, 0.5) is 0 Å². The molecular formula is C35H55N5O5. The van der Waals surface area contributed by atoms with Gasteiger partial charge in [0.15, 0.2) is 0 Å². The highest BCUT2D eigenvalue weighted by Crippen LogP contribution is 2.29. The Hall–Kier alpha value is -3.24. The largest absolute Gasteiger partial charge is 0.390 e. The predicted molar refractivity (Wildman–Crippen MR) is 175 cm³/mol. The number of benzene rings is 1. The van der Waals surface area contributed by atoms with Gasteiger partial charge in [-0.05, 0) is 43.1 Å². The fourth-order valence-electron chi connectivity index (χ4n) is 6.24. The number of carbonyl (C=O) groups excluding carboxylic acids is 3. The number of aromatic amines is 1. The van der Waals surface area contributed by atoms with Crippen LogP contribution in [0.2, 0.25) is 0 Å². The van der Waals surface area contributed by atoms with Crippen molar-refractivity contribution in [1.29, 1.82) is 0 Å². The van der Waals surface area contributed by atoms with Crippen LogP contribution >= 0.6 is 0 Å². The maximum atomic E-state index is 13.7. The van der Waals surface area contributed by atoms with E-state index in [9.17, 15) is 24.6 Å². The zero-order valence-electron chi connectivity index (χ0n) is 27.6. The minimum atomic E-state index is -1.10. The molecule has 10 heteroatoms. The van der Waals surface area contributed by atoms with E-state index >= 15 is 0 Å². The number of H-pyrrole nitrogens is 1. The average molecular weight is 626 g/mol. The van der Waals surface area contributed by atoms with Crippen molar-refractivity contribution in [1.82, 2.24) is 25.5 Å². The van der Waals surface area contributed by atoms with E-state index in [0.717, 1.165) is 36.9 Å². The van der Waals surface area contributed by atoms with Gasteiger partial charge in [0.2, 0.25) is 17.7 Å². The molecule has 0 radical (unpaired) electrons. The normalized spacial score (nSPS) is 17.2. The number of aliphatic hydroxyl groups is 2. The highest BCUT2D eigenvalue weighted by atomic mass is 16.3. The Bertz CT molecular complexity index is 1150. The average Bonchev–Trinajstić information content (AvgIpc) is 3.55. The first-order valence-corrected chi connectivity index (χ1v) is 16.8. The third-order valence-corrected chi connectivity index (χ3v) is 9.01. The zero-order chi connectivity index (χ0) is 32.8. The quantitative estimate of drug-likeness (QED) is 0.170. The van der Waals surface area contributed by atoms with Gasteiger partial charge in [-0.2, -0.15) is 0 Å². The number of nitrogens with zero attached hydrogens (tertiary/aromatic N) is 2. The minimum Gasteiger partial charge on any atom is -0.390 e. The van der Waals surface area contributed by atoms with Crippen molar-refractivity contribution in [3.05, 3.63) is 54.1 Å². The van der Waals surface area contributed by atoms with E-state index < -0.39 is 30.2 Å². The molecule has 1 aromatic heterocycles. The van der Waals surface area contributed by atoms with E-state index in [4.69, 9.17) is 0 Å². The molecule has 1 aromatic carbocycles. The molecule has 1 unspecified atom stereocenters. The lowest BCUT2D eigenvalue weighted by Crippen LogP contribution is -2.56. The first kappa shape index (κ1) is 36.2. The van der Waals surface area contributed by atoms with Crippen molar-refractivity contribution in [2.75, 3.05) is 13.6 Å². The highest BCUT2D eigenvalue weighted by molar-refractivity contribution is 5.91. The van der Waals surface area contributed by atoms with Gasteiger partial charge in [-0.15, -0.1) is 0 Å². The third kappa shape index (κ3) is 12.2. The number of hydrogen-bond acceptors (Lipinski definition) is 6. The van der Waals surface area contributed by atoms with Crippen molar-refractivity contribution >= 4 is 17.7 Å². The second-order valence-corrected chi connectivity index (χ2v) is 13.2. The third-order valence-electron chi connectivity index (χ3n) is 9.01. The van der Waals surface area contributed by atoms with Crippen LogP contribution in [0, 0.1) is 17.8 Å². The Morgan fingerprint density at radius 1 is 1.04 bits per heavy atom. The Morgan fingerprint density at radius 3 is 2.38 bits per heavy atom. The van der Waals surface area contributed by atoms with Gasteiger partial charge in [-0.25, -0.2) is 4.98 Å². The second-order valence-electron chi connectivity index (χ2n) is 13.2. The molecule has 0 spiro atoms. The molecule has 250 valence electrons. The first-order chi connectivity index (χ1) is 21.6. The predicted octanol–water partition coefficient (Wildman–Crippen LogP) is 3.78. The number of imidazole rings is 1. The number of amides is 3. The fraction of sp³-hybridized carbons (Fsp3) is 0.657. The summed E-state index contributed by atoms with van der Waals surface area (Å²) in [5.74, 6) is -1.02. The molecule has 1 aliphatic rings. The summed E-state index contributed by atoms with van der Waals surface area (Å²) in [4.78, 5) is 49.3. The van der Waals surface area contributed by atoms with Gasteiger partial charge in [0.1, 0.15) is 12.1 Å². The van der Waals surface area contributed by atoms with Gasteiger partial charge >= 0.3 is 0 Å².